The minimum Gasteiger partial charge on any atom is -0.352 e. The van der Waals surface area contributed by atoms with Crippen molar-refractivity contribution in [1.82, 2.24) is 5.32 Å². The number of amides is 1. The third kappa shape index (κ3) is 2.16. The molecule has 1 aliphatic carbocycles. The Morgan fingerprint density at radius 1 is 1.17 bits per heavy atom. The third-order valence-corrected chi connectivity index (χ3v) is 4.90. The minimum absolute atomic E-state index is 0.0413. The summed E-state index contributed by atoms with van der Waals surface area (Å²) in [5, 5.41) is 13.9. The Morgan fingerprint density at radius 3 is 2.79 bits per heavy atom. The number of rotatable bonds is 2. The largest absolute Gasteiger partial charge is 0.352 e. The lowest BCUT2D eigenvalue weighted by Gasteiger charge is -2.33. The molecule has 2 heterocycles. The summed E-state index contributed by atoms with van der Waals surface area (Å²) in [5.74, 6) is -1.14. The van der Waals surface area contributed by atoms with Crippen LogP contribution in [0.3, 0.4) is 0 Å². The van der Waals surface area contributed by atoms with Crippen molar-refractivity contribution in [2.75, 3.05) is 6.54 Å². The molecule has 7 heteroatoms. The molecule has 7 nitrogen and oxygen atoms in total. The van der Waals surface area contributed by atoms with Gasteiger partial charge in [-0.15, -0.1) is 0 Å². The second-order valence-electron chi connectivity index (χ2n) is 6.24. The van der Waals surface area contributed by atoms with E-state index in [0.29, 0.717) is 36.9 Å². The summed E-state index contributed by atoms with van der Waals surface area (Å²) in [5.41, 5.74) is 2.61. The van der Waals surface area contributed by atoms with Crippen LogP contribution in [0.5, 0.6) is 0 Å². The molecule has 1 aromatic carbocycles. The molecule has 1 N–H and O–H groups in total. The van der Waals surface area contributed by atoms with E-state index in [-0.39, 0.29) is 17.4 Å². The Labute approximate surface area is 137 Å². The summed E-state index contributed by atoms with van der Waals surface area (Å²) in [6.07, 6.45) is 1.64. The van der Waals surface area contributed by atoms with Crippen LogP contribution >= 0.6 is 0 Å². The fourth-order valence-electron chi connectivity index (χ4n) is 3.88. The first kappa shape index (κ1) is 14.7. The molecule has 2 atom stereocenters. The van der Waals surface area contributed by atoms with E-state index in [1.807, 2.05) is 0 Å². The zero-order chi connectivity index (χ0) is 16.8. The second kappa shape index (κ2) is 5.36. The summed E-state index contributed by atoms with van der Waals surface area (Å²) < 4.78 is 0. The van der Waals surface area contributed by atoms with Crippen molar-refractivity contribution in [2.45, 2.75) is 25.2 Å². The zero-order valence-corrected chi connectivity index (χ0v) is 12.8. The van der Waals surface area contributed by atoms with Gasteiger partial charge in [-0.1, -0.05) is 12.1 Å². The number of aliphatic imine (C=N–C) groups is 1. The molecule has 3 aliphatic rings. The van der Waals surface area contributed by atoms with Crippen molar-refractivity contribution >= 4 is 23.1 Å². The Balaban J connectivity index is 1.90. The molecule has 1 saturated carbocycles. The molecule has 1 fully saturated rings. The summed E-state index contributed by atoms with van der Waals surface area (Å²) in [4.78, 5) is 40.1. The average Bonchev–Trinajstić information content (AvgIpc) is 2.94. The summed E-state index contributed by atoms with van der Waals surface area (Å²) in [7, 11) is 0. The van der Waals surface area contributed by atoms with Crippen molar-refractivity contribution in [2.24, 2.45) is 10.9 Å². The Kier molecular flexibility index (Phi) is 3.30. The van der Waals surface area contributed by atoms with Crippen LogP contribution in [0.2, 0.25) is 0 Å². The average molecular weight is 325 g/mol. The number of nitrogens with zero attached hydrogens (tertiary/aromatic N) is 2. The predicted octanol–water partition coefficient (Wildman–Crippen LogP) is 1.89. The Morgan fingerprint density at radius 2 is 2.00 bits per heavy atom. The fourth-order valence-corrected chi connectivity index (χ4v) is 3.88. The maximum Gasteiger partial charge on any atom is 0.269 e. The van der Waals surface area contributed by atoms with Gasteiger partial charge in [-0.2, -0.15) is 0 Å². The van der Waals surface area contributed by atoms with Gasteiger partial charge in [-0.3, -0.25) is 24.7 Å². The van der Waals surface area contributed by atoms with Crippen LogP contribution in [0.1, 0.15) is 30.7 Å². The number of carbonyl (C=O) groups excluding carboxylic acids is 2. The van der Waals surface area contributed by atoms with Gasteiger partial charge in [0.1, 0.15) is 5.78 Å². The van der Waals surface area contributed by atoms with Crippen LogP contribution in [0.25, 0.3) is 0 Å². The number of hydrogen-bond acceptors (Lipinski definition) is 5. The fraction of sp³-hybridized carbons (Fsp3) is 0.353. The number of non-ortho nitro benzene ring substituents is 1. The number of carbonyl (C=O) groups is 2. The molecule has 0 saturated heterocycles. The number of hydrogen-bond donors (Lipinski definition) is 1. The van der Waals surface area contributed by atoms with Crippen molar-refractivity contribution < 1.29 is 14.5 Å². The highest BCUT2D eigenvalue weighted by molar-refractivity contribution is 6.15. The van der Waals surface area contributed by atoms with E-state index in [1.54, 1.807) is 12.1 Å². The number of nitro benzene ring substituents is 1. The van der Waals surface area contributed by atoms with E-state index in [4.69, 9.17) is 0 Å². The summed E-state index contributed by atoms with van der Waals surface area (Å²) in [6, 6.07) is 6.22. The molecule has 0 aromatic heterocycles. The van der Waals surface area contributed by atoms with Crippen LogP contribution in [0, 0.1) is 16.0 Å². The summed E-state index contributed by atoms with van der Waals surface area (Å²) >= 11 is 0. The lowest BCUT2D eigenvalue weighted by atomic mass is 9.74. The molecule has 2 unspecified atom stereocenters. The molecule has 1 aromatic rings. The number of Topliss-reactive ketones (excluding diaryl/α,β-unsaturated/α-hetero) is 1. The molecule has 0 bridgehead atoms. The van der Waals surface area contributed by atoms with Gasteiger partial charge in [-0.25, -0.2) is 0 Å². The number of benzene rings is 1. The van der Waals surface area contributed by atoms with E-state index in [9.17, 15) is 19.7 Å². The van der Waals surface area contributed by atoms with Gasteiger partial charge in [0.25, 0.3) is 5.69 Å². The van der Waals surface area contributed by atoms with Gasteiger partial charge in [0.05, 0.1) is 16.5 Å². The lowest BCUT2D eigenvalue weighted by Crippen LogP contribution is -2.40. The normalized spacial score (nSPS) is 25.8. The number of nitro groups is 1. The molecule has 24 heavy (non-hydrogen) atoms. The number of nitrogens with one attached hydrogen (secondary N) is 1. The Bertz CT molecular complexity index is 840. The first-order chi connectivity index (χ1) is 11.6. The van der Waals surface area contributed by atoms with E-state index < -0.39 is 16.8 Å². The molecular weight excluding hydrogens is 310 g/mol. The van der Waals surface area contributed by atoms with E-state index in [0.717, 1.165) is 11.4 Å². The molecular formula is C17H15N3O4. The standard InChI is InChI=1S/C17H15N3O4/c21-13-5-4-11-15(13)14(9-2-1-3-10(8-9)20(23)24)16-12(19-11)6-7-18-17(16)22/h1-3,8,14-15H,4-7H2,(H,18,22). The van der Waals surface area contributed by atoms with E-state index in [1.165, 1.54) is 12.1 Å². The van der Waals surface area contributed by atoms with Crippen LogP contribution < -0.4 is 5.32 Å². The van der Waals surface area contributed by atoms with Gasteiger partial charge in [0, 0.05) is 48.7 Å². The van der Waals surface area contributed by atoms with Crippen molar-refractivity contribution in [3.8, 4) is 0 Å². The van der Waals surface area contributed by atoms with Gasteiger partial charge in [0.2, 0.25) is 5.91 Å². The quantitative estimate of drug-likeness (QED) is 0.662. The van der Waals surface area contributed by atoms with Gasteiger partial charge in [0.15, 0.2) is 0 Å². The molecule has 0 radical (unpaired) electrons. The maximum atomic E-state index is 12.4. The molecule has 122 valence electrons. The van der Waals surface area contributed by atoms with Crippen molar-refractivity contribution in [3.63, 3.8) is 0 Å². The van der Waals surface area contributed by atoms with Crippen LogP contribution in [-0.4, -0.2) is 28.9 Å². The molecule has 1 amide bonds. The van der Waals surface area contributed by atoms with Gasteiger partial charge >= 0.3 is 0 Å². The SMILES string of the molecule is O=C1NCCC2=C1C(c1cccc([N+](=O)[O-])c1)C1C(=O)CCC1=N2. The predicted molar refractivity (Wildman–Crippen MR) is 85.7 cm³/mol. The highest BCUT2D eigenvalue weighted by atomic mass is 16.6. The molecule has 0 spiro atoms. The Hall–Kier alpha value is -2.83. The molecule has 2 aliphatic heterocycles. The first-order valence-electron chi connectivity index (χ1n) is 7.92. The number of fused-ring (bicyclic) bond motifs is 1. The summed E-state index contributed by atoms with van der Waals surface area (Å²) in [6.45, 7) is 0.523. The van der Waals surface area contributed by atoms with Crippen LogP contribution in [-0.2, 0) is 9.59 Å². The van der Waals surface area contributed by atoms with Crippen LogP contribution in [0.4, 0.5) is 5.69 Å². The highest BCUT2D eigenvalue weighted by Crippen LogP contribution is 2.45. The maximum absolute atomic E-state index is 12.4. The number of ketones is 1. The minimum atomic E-state index is -0.484. The van der Waals surface area contributed by atoms with Gasteiger partial charge < -0.3 is 5.32 Å². The zero-order valence-electron chi connectivity index (χ0n) is 12.8. The third-order valence-electron chi connectivity index (χ3n) is 4.90. The van der Waals surface area contributed by atoms with Crippen molar-refractivity contribution in [1.29, 1.82) is 0 Å². The highest BCUT2D eigenvalue weighted by Gasteiger charge is 2.46. The van der Waals surface area contributed by atoms with Crippen LogP contribution in [0.15, 0.2) is 40.5 Å². The molecule has 4 rings (SSSR count). The van der Waals surface area contributed by atoms with Crippen molar-refractivity contribution in [3.05, 3.63) is 51.2 Å². The topological polar surface area (TPSA) is 102 Å². The monoisotopic (exact) mass is 325 g/mol. The van der Waals surface area contributed by atoms with E-state index >= 15 is 0 Å². The van der Waals surface area contributed by atoms with E-state index in [2.05, 4.69) is 10.3 Å². The first-order valence-corrected chi connectivity index (χ1v) is 7.92. The smallest absolute Gasteiger partial charge is 0.269 e. The van der Waals surface area contributed by atoms with Gasteiger partial charge in [-0.05, 0) is 12.0 Å². The lowest BCUT2D eigenvalue weighted by molar-refractivity contribution is -0.384. The second-order valence-corrected chi connectivity index (χ2v) is 6.24.